The third kappa shape index (κ3) is 5.37. The van der Waals surface area contributed by atoms with Gasteiger partial charge in [-0.1, -0.05) is 109 Å². The Labute approximate surface area is 249 Å². The van der Waals surface area contributed by atoms with E-state index in [1.54, 1.807) is 12.4 Å². The second-order valence-electron chi connectivity index (χ2n) is 10.1. The molecule has 0 saturated heterocycles. The second-order valence-corrected chi connectivity index (χ2v) is 10.1. The molecular weight excluding hydrogens is 528 g/mol. The fraction of sp³-hybridized carbons (Fsp3) is 0. The van der Waals surface area contributed by atoms with Crippen molar-refractivity contribution in [2.45, 2.75) is 0 Å². The number of anilines is 2. The van der Waals surface area contributed by atoms with Crippen LogP contribution in [0, 0.1) is 5.41 Å². The van der Waals surface area contributed by atoms with Gasteiger partial charge in [0, 0.05) is 51.6 Å². The number of benzene rings is 5. The maximum Gasteiger partial charge on any atom is 0.164 e. The number of hydrogen-bond acceptors (Lipinski definition) is 6. The Hall–Kier alpha value is -6.01. The highest BCUT2D eigenvalue weighted by Crippen LogP contribution is 2.32. The number of fused-ring (bicyclic) bond motifs is 1. The maximum atomic E-state index is 9.47. The first-order valence-electron chi connectivity index (χ1n) is 14.0. The molecule has 2 aromatic heterocycles. The summed E-state index contributed by atoms with van der Waals surface area (Å²) in [6.07, 6.45) is 3.50. The molecule has 6 nitrogen and oxygen atoms in total. The third-order valence-electron chi connectivity index (χ3n) is 7.25. The van der Waals surface area contributed by atoms with Crippen molar-refractivity contribution >= 4 is 27.9 Å². The zero-order valence-corrected chi connectivity index (χ0v) is 23.1. The molecule has 43 heavy (non-hydrogen) atoms. The smallest absolute Gasteiger partial charge is 0.164 e. The normalized spacial score (nSPS) is 10.9. The number of aromatic nitrogens is 4. The lowest BCUT2D eigenvalue weighted by atomic mass is 9.93. The van der Waals surface area contributed by atoms with Crippen molar-refractivity contribution < 1.29 is 0 Å². The van der Waals surface area contributed by atoms with Gasteiger partial charge in [-0.25, -0.2) is 15.0 Å². The standard InChI is InChI=1S/C37H26N6/c38-34(33-31-17-8-7-10-25(31)18-19-32(33)40-30-20-22-39-23-21-30)28-15-9-16-29(24-28)37-42-35(26-11-3-1-4-12-26)41-36(43-37)27-13-5-2-6-14-27/h1-24,38H,(H,39,40). The molecular formula is C37H26N6. The van der Waals surface area contributed by atoms with E-state index < -0.39 is 0 Å². The van der Waals surface area contributed by atoms with Crippen molar-refractivity contribution in [3.05, 3.63) is 157 Å². The zero-order valence-electron chi connectivity index (χ0n) is 23.1. The van der Waals surface area contributed by atoms with Crippen molar-refractivity contribution in [2.24, 2.45) is 0 Å². The molecule has 0 unspecified atom stereocenters. The van der Waals surface area contributed by atoms with Gasteiger partial charge in [0.25, 0.3) is 0 Å². The van der Waals surface area contributed by atoms with Crippen LogP contribution in [0.15, 0.2) is 146 Å². The van der Waals surface area contributed by atoms with Gasteiger partial charge >= 0.3 is 0 Å². The van der Waals surface area contributed by atoms with E-state index in [4.69, 9.17) is 15.0 Å². The van der Waals surface area contributed by atoms with Crippen LogP contribution in [0.1, 0.15) is 11.1 Å². The molecule has 5 aromatic carbocycles. The molecule has 0 atom stereocenters. The summed E-state index contributed by atoms with van der Waals surface area (Å²) >= 11 is 0. The van der Waals surface area contributed by atoms with Gasteiger partial charge in [0.1, 0.15) is 0 Å². The van der Waals surface area contributed by atoms with E-state index in [0.717, 1.165) is 50.0 Å². The predicted octanol–water partition coefficient (Wildman–Crippen LogP) is 8.58. The lowest BCUT2D eigenvalue weighted by Crippen LogP contribution is -2.07. The van der Waals surface area contributed by atoms with E-state index >= 15 is 0 Å². The van der Waals surface area contributed by atoms with Crippen LogP contribution >= 0.6 is 0 Å². The van der Waals surface area contributed by atoms with Crippen LogP contribution in [0.25, 0.3) is 44.9 Å². The number of nitrogens with one attached hydrogen (secondary N) is 2. The quantitative estimate of drug-likeness (QED) is 0.193. The number of rotatable bonds is 7. The van der Waals surface area contributed by atoms with Crippen molar-refractivity contribution in [3.8, 4) is 34.2 Å². The summed E-state index contributed by atoms with van der Waals surface area (Å²) in [4.78, 5) is 18.7. The van der Waals surface area contributed by atoms with Crippen LogP contribution < -0.4 is 5.32 Å². The highest BCUT2D eigenvalue weighted by molar-refractivity contribution is 6.21. The molecule has 2 heterocycles. The van der Waals surface area contributed by atoms with E-state index in [-0.39, 0.29) is 0 Å². The van der Waals surface area contributed by atoms with Crippen LogP contribution in [-0.4, -0.2) is 25.6 Å². The van der Waals surface area contributed by atoms with Gasteiger partial charge in [0.15, 0.2) is 17.5 Å². The topological polar surface area (TPSA) is 87.4 Å². The molecule has 0 fully saturated rings. The summed E-state index contributed by atoms with van der Waals surface area (Å²) in [6, 6.07) is 43.8. The minimum absolute atomic E-state index is 0.399. The van der Waals surface area contributed by atoms with Crippen molar-refractivity contribution in [2.75, 3.05) is 5.32 Å². The Morgan fingerprint density at radius 3 is 1.79 bits per heavy atom. The minimum Gasteiger partial charge on any atom is -0.355 e. The maximum absolute atomic E-state index is 9.47. The summed E-state index contributed by atoms with van der Waals surface area (Å²) in [5.41, 5.74) is 6.36. The third-order valence-corrected chi connectivity index (χ3v) is 7.25. The Kier molecular flexibility index (Phi) is 6.91. The lowest BCUT2D eigenvalue weighted by molar-refractivity contribution is 1.07. The van der Waals surface area contributed by atoms with Crippen molar-refractivity contribution in [3.63, 3.8) is 0 Å². The molecule has 6 heteroatoms. The monoisotopic (exact) mass is 554 g/mol. The molecule has 0 amide bonds. The first-order chi connectivity index (χ1) is 21.2. The van der Waals surface area contributed by atoms with Crippen LogP contribution in [0.4, 0.5) is 11.4 Å². The molecule has 0 radical (unpaired) electrons. The Morgan fingerprint density at radius 1 is 0.535 bits per heavy atom. The zero-order chi connectivity index (χ0) is 29.0. The van der Waals surface area contributed by atoms with Gasteiger partial charge in [-0.3, -0.25) is 10.4 Å². The molecule has 7 aromatic rings. The largest absolute Gasteiger partial charge is 0.355 e. The Balaban J connectivity index is 1.34. The SMILES string of the molecule is N=C(c1cccc(-c2nc(-c3ccccc3)nc(-c3ccccc3)n2)c1)c1c(Nc2ccncc2)ccc2ccccc12. The van der Waals surface area contributed by atoms with Crippen LogP contribution in [0.2, 0.25) is 0 Å². The summed E-state index contributed by atoms with van der Waals surface area (Å²) < 4.78 is 0. The predicted molar refractivity (Wildman–Crippen MR) is 174 cm³/mol. The van der Waals surface area contributed by atoms with E-state index in [2.05, 4.69) is 28.5 Å². The first-order valence-corrected chi connectivity index (χ1v) is 14.0. The van der Waals surface area contributed by atoms with Crippen LogP contribution in [0.5, 0.6) is 0 Å². The summed E-state index contributed by atoms with van der Waals surface area (Å²) in [5, 5.41) is 15.0. The summed E-state index contributed by atoms with van der Waals surface area (Å²) in [6.45, 7) is 0. The van der Waals surface area contributed by atoms with E-state index in [0.29, 0.717) is 23.2 Å². The molecule has 0 saturated carbocycles. The molecule has 7 rings (SSSR count). The number of nitrogens with zero attached hydrogens (tertiary/aromatic N) is 4. The van der Waals surface area contributed by atoms with Gasteiger partial charge in [-0.2, -0.15) is 0 Å². The van der Waals surface area contributed by atoms with E-state index in [1.165, 1.54) is 0 Å². The molecule has 0 aliphatic heterocycles. The average Bonchev–Trinajstić information content (AvgIpc) is 3.09. The Morgan fingerprint density at radius 2 is 1.12 bits per heavy atom. The van der Waals surface area contributed by atoms with Gasteiger partial charge < -0.3 is 5.32 Å². The lowest BCUT2D eigenvalue weighted by Gasteiger charge is -2.17. The number of pyridine rings is 1. The second kappa shape index (κ2) is 11.5. The fourth-order valence-corrected chi connectivity index (χ4v) is 5.13. The van der Waals surface area contributed by atoms with Gasteiger partial charge in [0.2, 0.25) is 0 Å². The molecule has 0 aliphatic carbocycles. The highest BCUT2D eigenvalue weighted by Gasteiger charge is 2.17. The summed E-state index contributed by atoms with van der Waals surface area (Å²) in [7, 11) is 0. The molecule has 0 spiro atoms. The number of hydrogen-bond donors (Lipinski definition) is 2. The fourth-order valence-electron chi connectivity index (χ4n) is 5.13. The average molecular weight is 555 g/mol. The molecule has 0 aliphatic rings. The van der Waals surface area contributed by atoms with E-state index in [1.807, 2.05) is 115 Å². The van der Waals surface area contributed by atoms with Crippen LogP contribution in [-0.2, 0) is 0 Å². The first kappa shape index (κ1) is 25.9. The van der Waals surface area contributed by atoms with Gasteiger partial charge in [-0.05, 0) is 35.0 Å². The van der Waals surface area contributed by atoms with Gasteiger partial charge in [0.05, 0.1) is 5.71 Å². The Bertz CT molecular complexity index is 2000. The van der Waals surface area contributed by atoms with E-state index in [9.17, 15) is 5.41 Å². The summed E-state index contributed by atoms with van der Waals surface area (Å²) in [5.74, 6) is 1.75. The minimum atomic E-state index is 0.399. The van der Waals surface area contributed by atoms with Crippen LogP contribution in [0.3, 0.4) is 0 Å². The van der Waals surface area contributed by atoms with Gasteiger partial charge in [-0.15, -0.1) is 0 Å². The molecule has 204 valence electrons. The molecule has 2 N–H and O–H groups in total. The molecule has 0 bridgehead atoms. The highest BCUT2D eigenvalue weighted by atomic mass is 15.0. The van der Waals surface area contributed by atoms with Crippen molar-refractivity contribution in [1.82, 2.24) is 19.9 Å². The van der Waals surface area contributed by atoms with Crippen molar-refractivity contribution in [1.29, 1.82) is 5.41 Å².